The van der Waals surface area contributed by atoms with Crippen LogP contribution in [0.3, 0.4) is 0 Å². The zero-order valence-corrected chi connectivity index (χ0v) is 7.72. The van der Waals surface area contributed by atoms with E-state index in [0.29, 0.717) is 11.3 Å². The minimum atomic E-state index is 0.247. The van der Waals surface area contributed by atoms with Gasteiger partial charge in [-0.15, -0.1) is 0 Å². The lowest BCUT2D eigenvalue weighted by atomic mass is 9.89. The second-order valence-corrected chi connectivity index (χ2v) is 4.54. The molecular weight excluding hydrogens is 134 g/mol. The SMILES string of the molecule is [C-]#[N+]C(C)C1CCC(C)(C)C1. The van der Waals surface area contributed by atoms with E-state index < -0.39 is 0 Å². The van der Waals surface area contributed by atoms with Crippen molar-refractivity contribution < 1.29 is 0 Å². The Hall–Kier alpha value is -0.510. The maximum absolute atomic E-state index is 6.93. The van der Waals surface area contributed by atoms with Gasteiger partial charge in [0.2, 0.25) is 6.04 Å². The molecule has 0 aromatic carbocycles. The first-order chi connectivity index (χ1) is 5.05. The molecule has 1 nitrogen and oxygen atoms in total. The van der Waals surface area contributed by atoms with E-state index >= 15 is 0 Å². The maximum Gasteiger partial charge on any atom is 0.223 e. The van der Waals surface area contributed by atoms with E-state index in [-0.39, 0.29) is 6.04 Å². The Labute approximate surface area is 69.6 Å². The smallest absolute Gasteiger partial charge is 0.223 e. The Bertz CT molecular complexity index is 176. The van der Waals surface area contributed by atoms with Crippen molar-refractivity contribution in [2.24, 2.45) is 11.3 Å². The minimum Gasteiger partial charge on any atom is -0.314 e. The zero-order chi connectivity index (χ0) is 8.48. The van der Waals surface area contributed by atoms with Crippen molar-refractivity contribution in [1.29, 1.82) is 0 Å². The molecule has 1 rings (SSSR count). The summed E-state index contributed by atoms with van der Waals surface area (Å²) in [5, 5.41) is 0. The predicted molar refractivity (Wildman–Crippen MR) is 47.2 cm³/mol. The summed E-state index contributed by atoms with van der Waals surface area (Å²) in [5.74, 6) is 0.669. The van der Waals surface area contributed by atoms with Gasteiger partial charge in [-0.2, -0.15) is 0 Å². The average Bonchev–Trinajstić information content (AvgIpc) is 2.29. The molecule has 2 unspecified atom stereocenters. The van der Waals surface area contributed by atoms with Crippen LogP contribution in [0, 0.1) is 17.9 Å². The first kappa shape index (κ1) is 8.59. The van der Waals surface area contributed by atoms with Crippen LogP contribution in [0.1, 0.15) is 40.0 Å². The summed E-state index contributed by atoms with van der Waals surface area (Å²) in [7, 11) is 0. The van der Waals surface area contributed by atoms with Gasteiger partial charge in [0.25, 0.3) is 0 Å². The van der Waals surface area contributed by atoms with Gasteiger partial charge in [-0.25, -0.2) is 6.57 Å². The van der Waals surface area contributed by atoms with Gasteiger partial charge in [-0.05, 0) is 24.7 Å². The molecule has 1 saturated carbocycles. The van der Waals surface area contributed by atoms with E-state index in [4.69, 9.17) is 6.57 Å². The second-order valence-electron chi connectivity index (χ2n) is 4.54. The fraction of sp³-hybridized carbons (Fsp3) is 0.900. The number of rotatable bonds is 1. The average molecular weight is 151 g/mol. The summed E-state index contributed by atoms with van der Waals surface area (Å²) >= 11 is 0. The van der Waals surface area contributed by atoms with Crippen molar-refractivity contribution in [3.8, 4) is 0 Å². The topological polar surface area (TPSA) is 4.36 Å². The van der Waals surface area contributed by atoms with Crippen LogP contribution in [0.2, 0.25) is 0 Å². The molecule has 0 heterocycles. The van der Waals surface area contributed by atoms with Crippen LogP contribution < -0.4 is 0 Å². The molecule has 1 fully saturated rings. The van der Waals surface area contributed by atoms with Crippen LogP contribution in [0.15, 0.2) is 0 Å². The second kappa shape index (κ2) is 2.85. The highest BCUT2D eigenvalue weighted by atomic mass is 14.7. The molecule has 0 spiro atoms. The Balaban J connectivity index is 2.50. The summed E-state index contributed by atoms with van der Waals surface area (Å²) in [6.07, 6.45) is 3.81. The van der Waals surface area contributed by atoms with Gasteiger partial charge in [0.1, 0.15) is 0 Å². The maximum atomic E-state index is 6.93. The van der Waals surface area contributed by atoms with E-state index in [0.717, 1.165) is 0 Å². The van der Waals surface area contributed by atoms with Crippen LogP contribution in [-0.2, 0) is 0 Å². The van der Waals surface area contributed by atoms with Gasteiger partial charge in [-0.3, -0.25) is 0 Å². The fourth-order valence-electron chi connectivity index (χ4n) is 2.01. The molecule has 2 atom stereocenters. The van der Waals surface area contributed by atoms with Gasteiger partial charge in [-0.1, -0.05) is 13.8 Å². The zero-order valence-electron chi connectivity index (χ0n) is 7.72. The van der Waals surface area contributed by atoms with Crippen molar-refractivity contribution in [2.75, 3.05) is 0 Å². The van der Waals surface area contributed by atoms with E-state index in [1.807, 2.05) is 0 Å². The highest BCUT2D eigenvalue weighted by Crippen LogP contribution is 2.42. The summed E-state index contributed by atoms with van der Waals surface area (Å²) < 4.78 is 0. The van der Waals surface area contributed by atoms with Crippen LogP contribution in [0.4, 0.5) is 0 Å². The molecule has 0 amide bonds. The third kappa shape index (κ3) is 1.96. The quantitative estimate of drug-likeness (QED) is 0.507. The van der Waals surface area contributed by atoms with E-state index in [1.165, 1.54) is 19.3 Å². The first-order valence-electron chi connectivity index (χ1n) is 4.42. The Kier molecular flexibility index (Phi) is 2.23. The normalized spacial score (nSPS) is 31.3. The monoisotopic (exact) mass is 151 g/mol. The largest absolute Gasteiger partial charge is 0.314 e. The minimum absolute atomic E-state index is 0.247. The third-order valence-corrected chi connectivity index (χ3v) is 2.89. The lowest BCUT2D eigenvalue weighted by molar-refractivity contribution is 0.353. The number of hydrogen-bond donors (Lipinski definition) is 0. The molecule has 1 aliphatic rings. The molecule has 0 bridgehead atoms. The Morgan fingerprint density at radius 1 is 1.55 bits per heavy atom. The highest BCUT2D eigenvalue weighted by Gasteiger charge is 2.36. The molecular formula is C10H17N. The Morgan fingerprint density at radius 2 is 2.18 bits per heavy atom. The fourth-order valence-corrected chi connectivity index (χ4v) is 2.01. The summed E-state index contributed by atoms with van der Waals surface area (Å²) in [6.45, 7) is 13.6. The number of hydrogen-bond acceptors (Lipinski definition) is 0. The third-order valence-electron chi connectivity index (χ3n) is 2.89. The molecule has 0 aromatic rings. The summed E-state index contributed by atoms with van der Waals surface area (Å²) in [5.41, 5.74) is 0.504. The van der Waals surface area contributed by atoms with Crippen LogP contribution in [-0.4, -0.2) is 6.04 Å². The van der Waals surface area contributed by atoms with Crippen LogP contribution in [0.25, 0.3) is 4.85 Å². The standard InChI is InChI=1S/C10H17N/c1-8(11-4)9-5-6-10(2,3)7-9/h8-9H,5-7H2,1-3H3. The van der Waals surface area contributed by atoms with Crippen molar-refractivity contribution in [1.82, 2.24) is 0 Å². The van der Waals surface area contributed by atoms with Gasteiger partial charge < -0.3 is 4.85 Å². The van der Waals surface area contributed by atoms with Gasteiger partial charge in [0, 0.05) is 12.8 Å². The van der Waals surface area contributed by atoms with Crippen molar-refractivity contribution >= 4 is 0 Å². The van der Waals surface area contributed by atoms with Crippen molar-refractivity contribution in [3.05, 3.63) is 11.4 Å². The molecule has 1 aliphatic carbocycles. The molecule has 11 heavy (non-hydrogen) atoms. The summed E-state index contributed by atoms with van der Waals surface area (Å²) in [6, 6.07) is 0.247. The van der Waals surface area contributed by atoms with Gasteiger partial charge in [0.15, 0.2) is 0 Å². The van der Waals surface area contributed by atoms with E-state index in [9.17, 15) is 0 Å². The summed E-state index contributed by atoms with van der Waals surface area (Å²) in [4.78, 5) is 3.59. The highest BCUT2D eigenvalue weighted by molar-refractivity contribution is 4.91. The molecule has 0 aliphatic heterocycles. The predicted octanol–water partition coefficient (Wildman–Crippen LogP) is 3.12. The lowest BCUT2D eigenvalue weighted by Gasteiger charge is -2.16. The van der Waals surface area contributed by atoms with Crippen molar-refractivity contribution in [2.45, 2.75) is 46.1 Å². The van der Waals surface area contributed by atoms with E-state index in [2.05, 4.69) is 25.6 Å². The molecule has 62 valence electrons. The van der Waals surface area contributed by atoms with E-state index in [1.54, 1.807) is 0 Å². The van der Waals surface area contributed by atoms with Gasteiger partial charge in [0.05, 0.1) is 0 Å². The molecule has 0 aromatic heterocycles. The number of nitrogens with zero attached hydrogens (tertiary/aromatic N) is 1. The lowest BCUT2D eigenvalue weighted by Crippen LogP contribution is -2.12. The van der Waals surface area contributed by atoms with Gasteiger partial charge >= 0.3 is 0 Å². The molecule has 1 heteroatoms. The molecule has 0 N–H and O–H groups in total. The Morgan fingerprint density at radius 3 is 2.55 bits per heavy atom. The molecule has 0 saturated heterocycles. The first-order valence-corrected chi connectivity index (χ1v) is 4.42. The molecule has 0 radical (unpaired) electrons. The van der Waals surface area contributed by atoms with Crippen LogP contribution >= 0.6 is 0 Å². The van der Waals surface area contributed by atoms with Crippen LogP contribution in [0.5, 0.6) is 0 Å². The van der Waals surface area contributed by atoms with Crippen molar-refractivity contribution in [3.63, 3.8) is 0 Å².